The molecule has 1 unspecified atom stereocenters. The molecule has 11 heteroatoms. The molecular formula is C23H23F3N2O6. The van der Waals surface area contributed by atoms with Gasteiger partial charge in [0.05, 0.1) is 6.54 Å². The zero-order valence-electron chi connectivity index (χ0n) is 17.8. The molecule has 0 aliphatic heterocycles. The Morgan fingerprint density at radius 3 is 2.09 bits per heavy atom. The number of carbonyl (C=O) groups is 3. The van der Waals surface area contributed by atoms with Crippen molar-refractivity contribution in [1.29, 1.82) is 0 Å². The van der Waals surface area contributed by atoms with Crippen LogP contribution in [-0.4, -0.2) is 59.7 Å². The van der Waals surface area contributed by atoms with Crippen molar-refractivity contribution in [2.75, 3.05) is 13.2 Å². The van der Waals surface area contributed by atoms with E-state index < -0.39 is 55.7 Å². The maximum absolute atomic E-state index is 13.4. The van der Waals surface area contributed by atoms with Gasteiger partial charge in [-0.3, -0.25) is 4.79 Å². The van der Waals surface area contributed by atoms with Crippen LogP contribution in [0.3, 0.4) is 0 Å². The van der Waals surface area contributed by atoms with Crippen LogP contribution in [0.2, 0.25) is 0 Å². The fraction of sp³-hybridized carbons (Fsp3) is 0.348. The molecule has 34 heavy (non-hydrogen) atoms. The highest BCUT2D eigenvalue weighted by atomic mass is 19.4. The summed E-state index contributed by atoms with van der Waals surface area (Å²) in [5.74, 6) is -2.80. The van der Waals surface area contributed by atoms with E-state index in [4.69, 9.17) is 14.9 Å². The standard InChI is InChI=1S/C23H23F3N2O6/c24-23(25,26)19(9-10-20(30)27-11-18(29)21(31)32)28-22(33)34-12-17-15-7-3-1-5-13(15)14-6-2-4-8-16(14)17/h1-8,17-19,29H,9-12H2,(H,27,30)(H,28,33)(H,31,32)/t18?,19-/m0/s1. The lowest BCUT2D eigenvalue weighted by Crippen LogP contribution is -2.46. The van der Waals surface area contributed by atoms with Crippen molar-refractivity contribution in [3.05, 3.63) is 59.7 Å². The number of carboxylic acids is 1. The number of fused-ring (bicyclic) bond motifs is 3. The van der Waals surface area contributed by atoms with Crippen LogP contribution in [0, 0.1) is 0 Å². The molecule has 0 radical (unpaired) electrons. The van der Waals surface area contributed by atoms with Gasteiger partial charge in [0.25, 0.3) is 0 Å². The first-order chi connectivity index (χ1) is 16.1. The number of carboxylic acid groups (broad SMARTS) is 1. The molecule has 0 heterocycles. The number of ether oxygens (including phenoxy) is 1. The molecule has 2 atom stereocenters. The first kappa shape index (κ1) is 25.0. The molecule has 8 nitrogen and oxygen atoms in total. The first-order valence-corrected chi connectivity index (χ1v) is 10.4. The average molecular weight is 480 g/mol. The molecule has 1 aliphatic carbocycles. The molecule has 0 aromatic heterocycles. The van der Waals surface area contributed by atoms with Crippen molar-refractivity contribution in [2.24, 2.45) is 0 Å². The number of alkyl halides is 3. The minimum atomic E-state index is -4.84. The molecule has 0 saturated heterocycles. The third kappa shape index (κ3) is 6.04. The van der Waals surface area contributed by atoms with Gasteiger partial charge in [-0.2, -0.15) is 13.2 Å². The quantitative estimate of drug-likeness (QED) is 0.438. The van der Waals surface area contributed by atoms with Crippen molar-refractivity contribution in [2.45, 2.75) is 37.1 Å². The number of benzene rings is 2. The first-order valence-electron chi connectivity index (χ1n) is 10.4. The summed E-state index contributed by atoms with van der Waals surface area (Å²) in [4.78, 5) is 34.4. The summed E-state index contributed by atoms with van der Waals surface area (Å²) in [5, 5.41) is 21.4. The van der Waals surface area contributed by atoms with Gasteiger partial charge in [0, 0.05) is 12.3 Å². The van der Waals surface area contributed by atoms with Crippen molar-refractivity contribution in [1.82, 2.24) is 10.6 Å². The average Bonchev–Trinajstić information content (AvgIpc) is 3.11. The molecule has 0 fully saturated rings. The normalized spacial score (nSPS) is 14.5. The molecule has 2 amide bonds. The van der Waals surface area contributed by atoms with Crippen LogP contribution in [-0.2, 0) is 14.3 Å². The van der Waals surface area contributed by atoms with Gasteiger partial charge in [0.1, 0.15) is 12.6 Å². The van der Waals surface area contributed by atoms with Crippen LogP contribution in [0.25, 0.3) is 11.1 Å². The lowest BCUT2D eigenvalue weighted by molar-refractivity contribution is -0.156. The molecule has 3 rings (SSSR count). The molecular weight excluding hydrogens is 457 g/mol. The van der Waals surface area contributed by atoms with Gasteiger partial charge in [-0.1, -0.05) is 48.5 Å². The minimum Gasteiger partial charge on any atom is -0.479 e. The van der Waals surface area contributed by atoms with Crippen molar-refractivity contribution >= 4 is 18.0 Å². The van der Waals surface area contributed by atoms with Gasteiger partial charge in [0.15, 0.2) is 6.10 Å². The van der Waals surface area contributed by atoms with Gasteiger partial charge < -0.3 is 25.6 Å². The van der Waals surface area contributed by atoms with E-state index in [1.54, 1.807) is 5.32 Å². The number of hydrogen-bond donors (Lipinski definition) is 4. The van der Waals surface area contributed by atoms with E-state index in [-0.39, 0.29) is 12.5 Å². The lowest BCUT2D eigenvalue weighted by Gasteiger charge is -2.22. The van der Waals surface area contributed by atoms with E-state index in [2.05, 4.69) is 0 Å². The van der Waals surface area contributed by atoms with Crippen molar-refractivity contribution < 1.29 is 42.5 Å². The van der Waals surface area contributed by atoms with E-state index >= 15 is 0 Å². The summed E-state index contributed by atoms with van der Waals surface area (Å²) in [7, 11) is 0. The number of halogens is 3. The number of nitrogens with one attached hydrogen (secondary N) is 2. The fourth-order valence-corrected chi connectivity index (χ4v) is 3.76. The van der Waals surface area contributed by atoms with Crippen molar-refractivity contribution in [3.8, 4) is 11.1 Å². The Balaban J connectivity index is 1.57. The van der Waals surface area contributed by atoms with Gasteiger partial charge in [-0.25, -0.2) is 9.59 Å². The van der Waals surface area contributed by atoms with Crippen LogP contribution in [0.15, 0.2) is 48.5 Å². The molecule has 0 saturated carbocycles. The largest absolute Gasteiger partial charge is 0.479 e. The number of carbonyl (C=O) groups excluding carboxylic acids is 2. The van der Waals surface area contributed by atoms with Gasteiger partial charge in [-0.05, 0) is 28.7 Å². The highest BCUT2D eigenvalue weighted by molar-refractivity contribution is 5.79. The number of hydrogen-bond acceptors (Lipinski definition) is 5. The van der Waals surface area contributed by atoms with Crippen molar-refractivity contribution in [3.63, 3.8) is 0 Å². The molecule has 2 aromatic rings. The van der Waals surface area contributed by atoms with Gasteiger partial charge in [-0.15, -0.1) is 0 Å². The van der Waals surface area contributed by atoms with E-state index in [0.717, 1.165) is 22.3 Å². The maximum Gasteiger partial charge on any atom is 0.408 e. The Kier molecular flexibility index (Phi) is 7.77. The van der Waals surface area contributed by atoms with Crippen LogP contribution in [0.1, 0.15) is 29.9 Å². The number of alkyl carbamates (subject to hydrolysis) is 1. The van der Waals surface area contributed by atoms with Crippen LogP contribution >= 0.6 is 0 Å². The summed E-state index contributed by atoms with van der Waals surface area (Å²) in [6.45, 7) is -0.817. The predicted molar refractivity (Wildman–Crippen MR) is 114 cm³/mol. The zero-order valence-corrected chi connectivity index (χ0v) is 17.8. The molecule has 2 aromatic carbocycles. The Morgan fingerprint density at radius 1 is 1.00 bits per heavy atom. The summed E-state index contributed by atoms with van der Waals surface area (Å²) in [6.07, 6.45) is -9.43. The second kappa shape index (κ2) is 10.6. The molecule has 1 aliphatic rings. The maximum atomic E-state index is 13.4. The van der Waals surface area contributed by atoms with E-state index in [1.165, 1.54) is 0 Å². The molecule has 0 spiro atoms. The third-order valence-electron chi connectivity index (χ3n) is 5.47. The van der Waals surface area contributed by atoms with Crippen LogP contribution in [0.5, 0.6) is 0 Å². The zero-order chi connectivity index (χ0) is 24.9. The smallest absolute Gasteiger partial charge is 0.408 e. The summed E-state index contributed by atoms with van der Waals surface area (Å²) >= 11 is 0. The number of aliphatic hydroxyl groups is 1. The molecule has 182 valence electrons. The SMILES string of the molecule is O=C(CC[C@H](NC(=O)OCC1c2ccccc2-c2ccccc21)C(F)(F)F)NCC(O)C(=O)O. The second-order valence-electron chi connectivity index (χ2n) is 7.76. The van der Waals surface area contributed by atoms with Gasteiger partial charge in [0.2, 0.25) is 5.91 Å². The topological polar surface area (TPSA) is 125 Å². The Hall–Kier alpha value is -3.60. The van der Waals surface area contributed by atoms with E-state index in [9.17, 15) is 27.6 Å². The summed E-state index contributed by atoms with van der Waals surface area (Å²) < 4.78 is 45.2. The Labute approximate surface area is 192 Å². The Morgan fingerprint density at radius 2 is 1.56 bits per heavy atom. The Bertz CT molecular complexity index is 1010. The highest BCUT2D eigenvalue weighted by Crippen LogP contribution is 2.44. The van der Waals surface area contributed by atoms with Crippen LogP contribution < -0.4 is 10.6 Å². The molecule has 4 N–H and O–H groups in total. The molecule has 0 bridgehead atoms. The second-order valence-corrected chi connectivity index (χ2v) is 7.76. The predicted octanol–water partition coefficient (Wildman–Crippen LogP) is 2.80. The van der Waals surface area contributed by atoms with Gasteiger partial charge >= 0.3 is 18.2 Å². The minimum absolute atomic E-state index is 0.169. The number of rotatable bonds is 9. The monoisotopic (exact) mass is 480 g/mol. The third-order valence-corrected chi connectivity index (χ3v) is 5.47. The van der Waals surface area contributed by atoms with E-state index in [1.807, 2.05) is 53.8 Å². The summed E-state index contributed by atoms with van der Waals surface area (Å²) in [6, 6.07) is 12.7. The number of aliphatic carboxylic acids is 1. The lowest BCUT2D eigenvalue weighted by atomic mass is 9.98. The number of aliphatic hydroxyl groups excluding tert-OH is 1. The summed E-state index contributed by atoms with van der Waals surface area (Å²) in [5.41, 5.74) is 3.76. The van der Waals surface area contributed by atoms with E-state index in [0.29, 0.717) is 0 Å². The van der Waals surface area contributed by atoms with Crippen LogP contribution in [0.4, 0.5) is 18.0 Å². The fourth-order valence-electron chi connectivity index (χ4n) is 3.76. The highest BCUT2D eigenvalue weighted by Gasteiger charge is 2.41. The number of amides is 2.